The van der Waals surface area contributed by atoms with Crippen LogP contribution in [0.25, 0.3) is 11.3 Å². The zero-order chi connectivity index (χ0) is 18.0. The van der Waals surface area contributed by atoms with Crippen molar-refractivity contribution in [3.05, 3.63) is 75.5 Å². The van der Waals surface area contributed by atoms with Crippen LogP contribution in [0.15, 0.2) is 59.0 Å². The standard InChI is InChI=1S/C17H11ClN2O5/c18-14-9-11(20(23)24)3-6-13(14)15-7-8-16(25-15)17(22)19-10-1-4-12(21)5-2-10/h1-9,21H,(H,19,22). The van der Waals surface area contributed by atoms with Crippen LogP contribution in [0.2, 0.25) is 5.02 Å². The van der Waals surface area contributed by atoms with Crippen LogP contribution >= 0.6 is 11.6 Å². The van der Waals surface area contributed by atoms with Crippen LogP contribution in [-0.2, 0) is 0 Å². The van der Waals surface area contributed by atoms with E-state index in [2.05, 4.69) is 5.32 Å². The largest absolute Gasteiger partial charge is 0.508 e. The molecule has 7 nitrogen and oxygen atoms in total. The lowest BCUT2D eigenvalue weighted by atomic mass is 10.1. The third-order valence-corrected chi connectivity index (χ3v) is 3.70. The summed E-state index contributed by atoms with van der Waals surface area (Å²) >= 11 is 6.05. The van der Waals surface area contributed by atoms with E-state index in [0.717, 1.165) is 0 Å². The predicted octanol–water partition coefficient (Wildman–Crippen LogP) is 4.47. The number of anilines is 1. The highest BCUT2D eigenvalue weighted by Crippen LogP contribution is 2.32. The molecule has 0 aliphatic heterocycles. The first kappa shape index (κ1) is 16.5. The molecule has 3 rings (SSSR count). The molecule has 2 N–H and O–H groups in total. The monoisotopic (exact) mass is 358 g/mol. The van der Waals surface area contributed by atoms with Crippen LogP contribution in [0.4, 0.5) is 11.4 Å². The SMILES string of the molecule is O=C(Nc1ccc(O)cc1)c1ccc(-c2ccc([N+](=O)[O-])cc2Cl)o1. The number of nitrogens with one attached hydrogen (secondary N) is 1. The zero-order valence-corrected chi connectivity index (χ0v) is 13.4. The average molecular weight is 359 g/mol. The minimum Gasteiger partial charge on any atom is -0.508 e. The Kier molecular flexibility index (Phi) is 4.40. The van der Waals surface area contributed by atoms with Crippen LogP contribution in [0.1, 0.15) is 10.6 Å². The maximum absolute atomic E-state index is 12.2. The summed E-state index contributed by atoms with van der Waals surface area (Å²) in [5.41, 5.74) is 0.802. The number of amides is 1. The molecule has 1 amide bonds. The summed E-state index contributed by atoms with van der Waals surface area (Å²) in [6, 6.07) is 13.0. The van der Waals surface area contributed by atoms with Gasteiger partial charge in [0.2, 0.25) is 0 Å². The van der Waals surface area contributed by atoms with E-state index in [4.69, 9.17) is 16.0 Å². The molecule has 0 aliphatic rings. The number of rotatable bonds is 4. The molecular formula is C17H11ClN2O5. The molecule has 2 aromatic carbocycles. The van der Waals surface area contributed by atoms with Gasteiger partial charge in [0.25, 0.3) is 11.6 Å². The van der Waals surface area contributed by atoms with E-state index in [1.54, 1.807) is 18.2 Å². The Morgan fingerprint density at radius 3 is 2.48 bits per heavy atom. The fourth-order valence-corrected chi connectivity index (χ4v) is 2.43. The third kappa shape index (κ3) is 3.61. The van der Waals surface area contributed by atoms with Crippen molar-refractivity contribution in [3.63, 3.8) is 0 Å². The fourth-order valence-electron chi connectivity index (χ4n) is 2.16. The number of furan rings is 1. The summed E-state index contributed by atoms with van der Waals surface area (Å²) < 4.78 is 5.49. The van der Waals surface area contributed by atoms with Gasteiger partial charge >= 0.3 is 0 Å². The molecule has 8 heteroatoms. The van der Waals surface area contributed by atoms with Gasteiger partial charge in [0.1, 0.15) is 11.5 Å². The lowest BCUT2D eigenvalue weighted by molar-refractivity contribution is -0.384. The van der Waals surface area contributed by atoms with E-state index in [-0.39, 0.29) is 22.2 Å². The Morgan fingerprint density at radius 2 is 1.84 bits per heavy atom. The second-order valence-electron chi connectivity index (χ2n) is 5.09. The van der Waals surface area contributed by atoms with Gasteiger partial charge < -0.3 is 14.8 Å². The Bertz CT molecular complexity index is 950. The zero-order valence-electron chi connectivity index (χ0n) is 12.6. The number of nitro groups is 1. The molecule has 25 heavy (non-hydrogen) atoms. The Labute approximate surface area is 146 Å². The van der Waals surface area contributed by atoms with E-state index < -0.39 is 10.8 Å². The van der Waals surface area contributed by atoms with Gasteiger partial charge in [-0.25, -0.2) is 0 Å². The van der Waals surface area contributed by atoms with E-state index in [1.807, 2.05) is 0 Å². The number of phenols is 1. The number of aromatic hydroxyl groups is 1. The molecule has 0 saturated heterocycles. The number of benzene rings is 2. The van der Waals surface area contributed by atoms with Gasteiger partial charge in [-0.05, 0) is 42.5 Å². The molecule has 0 radical (unpaired) electrons. The third-order valence-electron chi connectivity index (χ3n) is 3.38. The van der Waals surface area contributed by atoms with Crippen molar-refractivity contribution < 1.29 is 19.2 Å². The number of non-ortho nitro benzene ring substituents is 1. The second kappa shape index (κ2) is 6.66. The van der Waals surface area contributed by atoms with Crippen molar-refractivity contribution in [1.29, 1.82) is 0 Å². The number of phenolic OH excluding ortho intramolecular Hbond substituents is 1. The first-order valence-corrected chi connectivity index (χ1v) is 7.46. The van der Waals surface area contributed by atoms with Crippen LogP contribution in [0.3, 0.4) is 0 Å². The number of halogens is 1. The van der Waals surface area contributed by atoms with Crippen molar-refractivity contribution in [1.82, 2.24) is 0 Å². The summed E-state index contributed by atoms with van der Waals surface area (Å²) in [4.78, 5) is 22.4. The summed E-state index contributed by atoms with van der Waals surface area (Å²) in [6.07, 6.45) is 0. The minimum atomic E-state index is -0.547. The van der Waals surface area contributed by atoms with Crippen molar-refractivity contribution in [2.45, 2.75) is 0 Å². The number of carbonyl (C=O) groups excluding carboxylic acids is 1. The first-order valence-electron chi connectivity index (χ1n) is 7.08. The van der Waals surface area contributed by atoms with Crippen LogP contribution in [0.5, 0.6) is 5.75 Å². The molecule has 0 unspecified atom stereocenters. The molecule has 126 valence electrons. The lowest BCUT2D eigenvalue weighted by Gasteiger charge is -2.03. The van der Waals surface area contributed by atoms with Crippen molar-refractivity contribution in [2.75, 3.05) is 5.32 Å². The molecule has 0 saturated carbocycles. The van der Waals surface area contributed by atoms with E-state index in [1.165, 1.54) is 36.4 Å². The molecule has 3 aromatic rings. The van der Waals surface area contributed by atoms with Gasteiger partial charge in [0.15, 0.2) is 5.76 Å². The number of carbonyl (C=O) groups is 1. The van der Waals surface area contributed by atoms with Gasteiger partial charge in [0.05, 0.1) is 9.95 Å². The van der Waals surface area contributed by atoms with Crippen molar-refractivity contribution in [3.8, 4) is 17.1 Å². The van der Waals surface area contributed by atoms with Gasteiger partial charge in [-0.15, -0.1) is 0 Å². The van der Waals surface area contributed by atoms with Crippen molar-refractivity contribution in [2.24, 2.45) is 0 Å². The number of hydrogen-bond donors (Lipinski definition) is 2. The molecule has 0 aliphatic carbocycles. The van der Waals surface area contributed by atoms with Crippen molar-refractivity contribution >= 4 is 28.9 Å². The Balaban J connectivity index is 1.81. The van der Waals surface area contributed by atoms with Gasteiger partial charge in [-0.2, -0.15) is 0 Å². The van der Waals surface area contributed by atoms with E-state index >= 15 is 0 Å². The highest BCUT2D eigenvalue weighted by atomic mass is 35.5. The highest BCUT2D eigenvalue weighted by molar-refractivity contribution is 6.33. The molecule has 0 spiro atoms. The van der Waals surface area contributed by atoms with Gasteiger partial charge in [0, 0.05) is 23.4 Å². The normalized spacial score (nSPS) is 10.4. The Morgan fingerprint density at radius 1 is 1.12 bits per heavy atom. The topological polar surface area (TPSA) is 106 Å². The molecule has 1 aromatic heterocycles. The summed E-state index contributed by atoms with van der Waals surface area (Å²) in [5, 5.41) is 22.7. The van der Waals surface area contributed by atoms with Gasteiger partial charge in [-0.3, -0.25) is 14.9 Å². The number of hydrogen-bond acceptors (Lipinski definition) is 5. The fraction of sp³-hybridized carbons (Fsp3) is 0. The van der Waals surface area contributed by atoms with E-state index in [0.29, 0.717) is 17.0 Å². The lowest BCUT2D eigenvalue weighted by Crippen LogP contribution is -2.10. The minimum absolute atomic E-state index is 0.0532. The highest BCUT2D eigenvalue weighted by Gasteiger charge is 2.16. The van der Waals surface area contributed by atoms with Gasteiger partial charge in [-0.1, -0.05) is 11.6 Å². The van der Waals surface area contributed by atoms with Crippen LogP contribution in [-0.4, -0.2) is 15.9 Å². The second-order valence-corrected chi connectivity index (χ2v) is 5.49. The average Bonchev–Trinajstić information content (AvgIpc) is 3.06. The number of nitrogens with zero attached hydrogens (tertiary/aromatic N) is 1. The predicted molar refractivity (Wildman–Crippen MR) is 91.9 cm³/mol. The number of nitro benzene ring substituents is 1. The summed E-state index contributed by atoms with van der Waals surface area (Å²) in [7, 11) is 0. The van der Waals surface area contributed by atoms with Crippen LogP contribution in [0, 0.1) is 10.1 Å². The quantitative estimate of drug-likeness (QED) is 0.406. The summed E-state index contributed by atoms with van der Waals surface area (Å²) in [6.45, 7) is 0. The molecule has 0 fully saturated rings. The molecule has 0 bridgehead atoms. The maximum Gasteiger partial charge on any atom is 0.291 e. The molecular weight excluding hydrogens is 348 g/mol. The Hall–Kier alpha value is -3.32. The smallest absolute Gasteiger partial charge is 0.291 e. The molecule has 0 atom stereocenters. The summed E-state index contributed by atoms with van der Waals surface area (Å²) in [5.74, 6) is -0.0191. The van der Waals surface area contributed by atoms with Crippen LogP contribution < -0.4 is 5.32 Å². The van der Waals surface area contributed by atoms with E-state index in [9.17, 15) is 20.0 Å². The molecule has 1 heterocycles. The maximum atomic E-state index is 12.2. The first-order chi connectivity index (χ1) is 11.9.